The summed E-state index contributed by atoms with van der Waals surface area (Å²) in [6, 6.07) is 1.44. The third kappa shape index (κ3) is 5.50. The first-order valence-electron chi connectivity index (χ1n) is 11.8. The van der Waals surface area contributed by atoms with Crippen molar-refractivity contribution in [2.24, 2.45) is 11.5 Å². The van der Waals surface area contributed by atoms with Crippen LogP contribution in [-0.4, -0.2) is 45.5 Å². The maximum Gasteiger partial charge on any atom is 0.258 e. The number of rotatable bonds is 6. The second-order valence-corrected chi connectivity index (χ2v) is 9.51. The molecule has 1 atom stereocenters. The van der Waals surface area contributed by atoms with E-state index in [1.54, 1.807) is 12.3 Å². The van der Waals surface area contributed by atoms with Crippen molar-refractivity contribution in [2.75, 3.05) is 23.3 Å². The first-order chi connectivity index (χ1) is 16.5. The van der Waals surface area contributed by atoms with Crippen LogP contribution >= 0.6 is 0 Å². The van der Waals surface area contributed by atoms with Crippen LogP contribution in [0.2, 0.25) is 0 Å². The van der Waals surface area contributed by atoms with E-state index >= 15 is 0 Å². The molecule has 35 heavy (non-hydrogen) atoms. The van der Waals surface area contributed by atoms with Gasteiger partial charge in [0.1, 0.15) is 11.4 Å². The normalized spacial score (nSPS) is 20.0. The van der Waals surface area contributed by atoms with Crippen LogP contribution < -0.4 is 27.2 Å². The lowest BCUT2D eigenvalue weighted by molar-refractivity contribution is -0.00604. The van der Waals surface area contributed by atoms with Gasteiger partial charge in [0.2, 0.25) is 5.95 Å². The number of nitrogens with zero attached hydrogens (tertiary/aromatic N) is 4. The summed E-state index contributed by atoms with van der Waals surface area (Å²) in [6.07, 6.45) is 5.64. The molecule has 0 bridgehead atoms. The molecule has 3 heterocycles. The predicted octanol–water partition coefficient (Wildman–Crippen LogP) is 3.19. The van der Waals surface area contributed by atoms with Gasteiger partial charge in [0.05, 0.1) is 5.69 Å². The number of hydrogen-bond acceptors (Lipinski definition) is 7. The molecule has 188 valence electrons. The van der Waals surface area contributed by atoms with Crippen LogP contribution in [0.3, 0.4) is 0 Å². The van der Waals surface area contributed by atoms with E-state index in [9.17, 15) is 18.4 Å². The Labute approximate surface area is 202 Å². The molecule has 5 N–H and O–H groups in total. The highest BCUT2D eigenvalue weighted by molar-refractivity contribution is 5.98. The molecule has 1 aliphatic carbocycles. The van der Waals surface area contributed by atoms with Crippen molar-refractivity contribution in [3.05, 3.63) is 46.0 Å². The van der Waals surface area contributed by atoms with Crippen molar-refractivity contribution >= 4 is 28.9 Å². The molecule has 1 unspecified atom stereocenters. The monoisotopic (exact) mass is 487 g/mol. The summed E-state index contributed by atoms with van der Waals surface area (Å²) in [4.78, 5) is 36.0. The summed E-state index contributed by atoms with van der Waals surface area (Å²) < 4.78 is 28.9. The SMILES string of the molecule is CC(C)n1cc(Nc2nc(N3CCCC(N)C3)ncc2C(N)=O)cc(C2=CCC(F)(F)CC2)c1=O. The number of alkyl halides is 2. The summed E-state index contributed by atoms with van der Waals surface area (Å²) >= 11 is 0. The number of hydrogen-bond donors (Lipinski definition) is 3. The fourth-order valence-corrected chi connectivity index (χ4v) is 4.45. The first-order valence-corrected chi connectivity index (χ1v) is 11.8. The molecule has 11 heteroatoms. The molecule has 4 rings (SSSR count). The smallest absolute Gasteiger partial charge is 0.258 e. The van der Waals surface area contributed by atoms with Gasteiger partial charge in [-0.1, -0.05) is 6.08 Å². The summed E-state index contributed by atoms with van der Waals surface area (Å²) in [5.41, 5.74) is 12.9. The van der Waals surface area contributed by atoms with Crippen molar-refractivity contribution in [3.63, 3.8) is 0 Å². The Morgan fingerprint density at radius 3 is 2.74 bits per heavy atom. The number of halogens is 2. The Balaban J connectivity index is 1.74. The second kappa shape index (κ2) is 9.73. The first kappa shape index (κ1) is 24.8. The molecule has 1 fully saturated rings. The molecule has 0 aromatic carbocycles. The van der Waals surface area contributed by atoms with Crippen molar-refractivity contribution in [3.8, 4) is 0 Å². The Hall–Kier alpha value is -3.34. The number of anilines is 3. The largest absolute Gasteiger partial charge is 0.365 e. The van der Waals surface area contributed by atoms with Crippen molar-refractivity contribution in [2.45, 2.75) is 64.0 Å². The Morgan fingerprint density at radius 2 is 2.11 bits per heavy atom. The zero-order valence-electron chi connectivity index (χ0n) is 19.9. The van der Waals surface area contributed by atoms with Gasteiger partial charge in [-0.3, -0.25) is 9.59 Å². The number of amides is 1. The van der Waals surface area contributed by atoms with Gasteiger partial charge in [0.25, 0.3) is 17.4 Å². The average molecular weight is 488 g/mol. The molecular formula is C24H31F2N7O2. The second-order valence-electron chi connectivity index (χ2n) is 9.51. The van der Waals surface area contributed by atoms with E-state index in [-0.39, 0.29) is 41.9 Å². The summed E-state index contributed by atoms with van der Waals surface area (Å²) in [5, 5.41) is 3.12. The maximum atomic E-state index is 13.7. The summed E-state index contributed by atoms with van der Waals surface area (Å²) in [5.74, 6) is -2.85. The fraction of sp³-hybridized carbons (Fsp3) is 0.500. The van der Waals surface area contributed by atoms with Crippen molar-refractivity contribution < 1.29 is 13.6 Å². The fourth-order valence-electron chi connectivity index (χ4n) is 4.45. The molecule has 0 saturated carbocycles. The average Bonchev–Trinajstić information content (AvgIpc) is 2.80. The van der Waals surface area contributed by atoms with Crippen LogP contribution in [0.25, 0.3) is 5.57 Å². The number of piperidine rings is 1. The molecule has 2 aliphatic rings. The quantitative estimate of drug-likeness (QED) is 0.570. The lowest BCUT2D eigenvalue weighted by Crippen LogP contribution is -2.43. The zero-order chi connectivity index (χ0) is 25.3. The zero-order valence-corrected chi connectivity index (χ0v) is 19.9. The molecule has 0 spiro atoms. The molecule has 0 radical (unpaired) electrons. The van der Waals surface area contributed by atoms with Crippen LogP contribution in [0.4, 0.5) is 26.2 Å². The number of allylic oxidation sites excluding steroid dienone is 2. The Kier molecular flexibility index (Phi) is 6.88. The highest BCUT2D eigenvalue weighted by Gasteiger charge is 2.32. The van der Waals surface area contributed by atoms with E-state index in [1.165, 1.54) is 16.8 Å². The van der Waals surface area contributed by atoms with Crippen LogP contribution in [-0.2, 0) is 0 Å². The summed E-state index contributed by atoms with van der Waals surface area (Å²) in [6.45, 7) is 5.05. The lowest BCUT2D eigenvalue weighted by atomic mass is 9.92. The minimum absolute atomic E-state index is 0.00729. The van der Waals surface area contributed by atoms with Gasteiger partial charge >= 0.3 is 0 Å². The van der Waals surface area contributed by atoms with Crippen LogP contribution in [0, 0.1) is 0 Å². The van der Waals surface area contributed by atoms with Crippen molar-refractivity contribution in [1.82, 2.24) is 14.5 Å². The van der Waals surface area contributed by atoms with Gasteiger partial charge in [0.15, 0.2) is 0 Å². The van der Waals surface area contributed by atoms with Gasteiger partial charge in [-0.05, 0) is 44.7 Å². The number of carbonyl (C=O) groups is 1. The Bertz CT molecular complexity index is 1210. The number of nitrogens with two attached hydrogens (primary N) is 2. The number of aromatic nitrogens is 3. The molecule has 1 amide bonds. The third-order valence-electron chi connectivity index (χ3n) is 6.40. The minimum atomic E-state index is -2.76. The predicted molar refractivity (Wildman–Crippen MR) is 131 cm³/mol. The van der Waals surface area contributed by atoms with Gasteiger partial charge in [-0.15, -0.1) is 0 Å². The molecular weight excluding hydrogens is 456 g/mol. The molecule has 2 aromatic rings. The number of nitrogens with one attached hydrogen (secondary N) is 1. The van der Waals surface area contributed by atoms with Crippen LogP contribution in [0.15, 0.2) is 29.3 Å². The highest BCUT2D eigenvalue weighted by atomic mass is 19.3. The van der Waals surface area contributed by atoms with Crippen LogP contribution in [0.1, 0.15) is 67.9 Å². The molecule has 9 nitrogen and oxygen atoms in total. The number of carbonyl (C=O) groups excluding carboxylic acids is 1. The lowest BCUT2D eigenvalue weighted by Gasteiger charge is -2.31. The minimum Gasteiger partial charge on any atom is -0.365 e. The van der Waals surface area contributed by atoms with E-state index in [1.807, 2.05) is 18.7 Å². The van der Waals surface area contributed by atoms with E-state index in [0.29, 0.717) is 29.3 Å². The van der Waals surface area contributed by atoms with E-state index in [4.69, 9.17) is 11.5 Å². The van der Waals surface area contributed by atoms with Gasteiger partial charge in [-0.2, -0.15) is 4.98 Å². The standard InChI is InChI=1S/C24H31F2N7O2/c1-14(2)33-13-17(10-18(22(33)35)15-5-7-24(25,26)8-6-15)30-21-19(20(28)34)11-29-23(31-21)32-9-3-4-16(27)12-32/h5,10-11,13-14,16H,3-4,6-9,12,27H2,1-2H3,(H2,28,34)(H,29,30,31). The van der Waals surface area contributed by atoms with Crippen LogP contribution in [0.5, 0.6) is 0 Å². The van der Waals surface area contributed by atoms with Gasteiger partial charge < -0.3 is 26.3 Å². The van der Waals surface area contributed by atoms with Gasteiger partial charge in [-0.25, -0.2) is 13.8 Å². The van der Waals surface area contributed by atoms with Gasteiger partial charge in [0, 0.05) is 56.0 Å². The number of pyridine rings is 1. The number of primary amides is 1. The van der Waals surface area contributed by atoms with Crippen molar-refractivity contribution in [1.29, 1.82) is 0 Å². The molecule has 1 aliphatic heterocycles. The highest BCUT2D eigenvalue weighted by Crippen LogP contribution is 2.36. The Morgan fingerprint density at radius 1 is 1.34 bits per heavy atom. The molecule has 2 aromatic heterocycles. The third-order valence-corrected chi connectivity index (χ3v) is 6.40. The van der Waals surface area contributed by atoms with E-state index < -0.39 is 18.3 Å². The van der Waals surface area contributed by atoms with E-state index in [2.05, 4.69) is 15.3 Å². The maximum absolute atomic E-state index is 13.7. The van der Waals surface area contributed by atoms with E-state index in [0.717, 1.165) is 19.4 Å². The summed E-state index contributed by atoms with van der Waals surface area (Å²) in [7, 11) is 0. The molecule has 1 saturated heterocycles. The topological polar surface area (TPSA) is 132 Å².